The molecule has 8 N–H and O–H groups in total. The first kappa shape index (κ1) is 32.7. The second kappa shape index (κ2) is 13.0. The van der Waals surface area contributed by atoms with Gasteiger partial charge in [0, 0.05) is 23.8 Å². The lowest BCUT2D eigenvalue weighted by Gasteiger charge is -2.42. The van der Waals surface area contributed by atoms with Gasteiger partial charge >= 0.3 is 0 Å². The van der Waals surface area contributed by atoms with Crippen LogP contribution in [0.3, 0.4) is 0 Å². The molecule has 2 saturated heterocycles. The summed E-state index contributed by atoms with van der Waals surface area (Å²) in [4.78, 5) is 13.0. The number of hydrogen-bond donors (Lipinski definition) is 8. The number of aromatic hydroxyl groups is 2. The van der Waals surface area contributed by atoms with Crippen LogP contribution in [0.25, 0.3) is 22.3 Å². The van der Waals surface area contributed by atoms with Crippen molar-refractivity contribution in [3.05, 3.63) is 40.6 Å². The molecule has 3 aromatic rings. The first-order valence-electron chi connectivity index (χ1n) is 13.8. The molecule has 246 valence electrons. The van der Waals surface area contributed by atoms with Gasteiger partial charge in [0.2, 0.25) is 12.0 Å². The van der Waals surface area contributed by atoms with Crippen molar-refractivity contribution >= 4 is 11.0 Å². The summed E-state index contributed by atoms with van der Waals surface area (Å²) in [5, 5.41) is 82.3. The van der Waals surface area contributed by atoms with E-state index in [0.29, 0.717) is 5.56 Å². The summed E-state index contributed by atoms with van der Waals surface area (Å²) in [6, 6.07) is 6.23. The summed E-state index contributed by atoms with van der Waals surface area (Å²) in [5.74, 6) is -0.858. The van der Waals surface area contributed by atoms with E-state index in [9.17, 15) is 45.6 Å². The molecule has 0 amide bonds. The molecule has 0 aliphatic carbocycles. The Morgan fingerprint density at radius 1 is 0.756 bits per heavy atom. The molecular weight excluding hydrogens is 604 g/mol. The molecule has 45 heavy (non-hydrogen) atoms. The number of aliphatic hydroxyl groups is 6. The highest BCUT2D eigenvalue weighted by Crippen LogP contribution is 2.41. The van der Waals surface area contributed by atoms with E-state index in [1.807, 2.05) is 0 Å². The standard InChI is InChI=1S/C29H34O16/c1-10-21(32)24(35)26(37)28(42-10)41-9-19-23(34)25(36)27(38)29(45-19)43-12-6-13(30)20-14(31)8-15(44-16(20)7-12)11-4-17(39-2)22(33)18(5-11)40-3/h4-8,10,19,21,23-30,32-38H,9H2,1-3H3/t10-,19+,21-,23+,24+,25-,26+,27+,28+,29+/m0/s1. The lowest BCUT2D eigenvalue weighted by Crippen LogP contribution is -2.61. The van der Waals surface area contributed by atoms with E-state index in [2.05, 4.69) is 0 Å². The number of methoxy groups -OCH3 is 2. The Balaban J connectivity index is 1.39. The predicted octanol–water partition coefficient (Wildman–Crippen LogP) is -1.08. The molecule has 2 aliphatic rings. The molecule has 10 atom stereocenters. The fraction of sp³-hybridized carbons (Fsp3) is 0.483. The normalized spacial score (nSPS) is 31.9. The number of aliphatic hydroxyl groups excluding tert-OH is 6. The van der Waals surface area contributed by atoms with Crippen molar-refractivity contribution in [2.75, 3.05) is 20.8 Å². The Hall–Kier alpha value is -3.71. The highest BCUT2D eigenvalue weighted by atomic mass is 16.7. The molecular formula is C29H34O16. The number of hydrogen-bond acceptors (Lipinski definition) is 16. The van der Waals surface area contributed by atoms with Crippen molar-refractivity contribution < 1.29 is 73.7 Å². The quantitative estimate of drug-likeness (QED) is 0.146. The number of benzene rings is 2. The lowest BCUT2D eigenvalue weighted by molar-refractivity contribution is -0.318. The second-order valence-corrected chi connectivity index (χ2v) is 10.7. The zero-order valence-electron chi connectivity index (χ0n) is 24.2. The van der Waals surface area contributed by atoms with Crippen LogP contribution < -0.4 is 19.6 Å². The zero-order valence-corrected chi connectivity index (χ0v) is 24.2. The molecule has 3 heterocycles. The first-order chi connectivity index (χ1) is 21.3. The maximum absolute atomic E-state index is 13.0. The Kier molecular flexibility index (Phi) is 9.41. The molecule has 0 saturated carbocycles. The van der Waals surface area contributed by atoms with Crippen LogP contribution in [-0.4, -0.2) is 123 Å². The van der Waals surface area contributed by atoms with Crippen molar-refractivity contribution in [2.24, 2.45) is 0 Å². The molecule has 0 radical (unpaired) electrons. The van der Waals surface area contributed by atoms with Gasteiger partial charge in [-0.15, -0.1) is 0 Å². The van der Waals surface area contributed by atoms with Gasteiger partial charge in [-0.1, -0.05) is 0 Å². The average molecular weight is 639 g/mol. The van der Waals surface area contributed by atoms with Crippen LogP contribution in [0.4, 0.5) is 0 Å². The molecule has 0 unspecified atom stereocenters. The highest BCUT2D eigenvalue weighted by molar-refractivity contribution is 5.86. The van der Waals surface area contributed by atoms with Crippen molar-refractivity contribution in [3.8, 4) is 40.1 Å². The lowest BCUT2D eigenvalue weighted by atomic mass is 9.98. The Morgan fingerprint density at radius 3 is 2.02 bits per heavy atom. The van der Waals surface area contributed by atoms with Gasteiger partial charge in [-0.25, -0.2) is 0 Å². The molecule has 5 rings (SSSR count). The van der Waals surface area contributed by atoms with Crippen LogP contribution in [0.15, 0.2) is 39.5 Å². The Morgan fingerprint density at radius 2 is 1.38 bits per heavy atom. The van der Waals surface area contributed by atoms with Gasteiger partial charge in [0.1, 0.15) is 71.0 Å². The molecule has 0 bridgehead atoms. The second-order valence-electron chi connectivity index (χ2n) is 10.7. The Labute approximate surface area is 254 Å². The van der Waals surface area contributed by atoms with Gasteiger partial charge in [0.05, 0.1) is 26.9 Å². The highest BCUT2D eigenvalue weighted by Gasteiger charge is 2.47. The predicted molar refractivity (Wildman–Crippen MR) is 150 cm³/mol. The number of ether oxygens (including phenoxy) is 6. The van der Waals surface area contributed by atoms with Gasteiger partial charge in [-0.2, -0.15) is 0 Å². The van der Waals surface area contributed by atoms with Crippen LogP contribution >= 0.6 is 0 Å². The summed E-state index contributed by atoms with van der Waals surface area (Å²) in [6.45, 7) is 0.942. The third-order valence-corrected chi connectivity index (χ3v) is 7.70. The van der Waals surface area contributed by atoms with Crippen molar-refractivity contribution in [2.45, 2.75) is 68.3 Å². The number of phenolic OH excluding ortho intramolecular Hbond substituents is 2. The minimum absolute atomic E-state index is 0.0180. The van der Waals surface area contributed by atoms with E-state index in [-0.39, 0.29) is 39.7 Å². The van der Waals surface area contributed by atoms with E-state index in [1.165, 1.54) is 39.3 Å². The number of fused-ring (bicyclic) bond motifs is 1. The van der Waals surface area contributed by atoms with Gasteiger partial charge in [-0.05, 0) is 19.1 Å². The molecule has 16 nitrogen and oxygen atoms in total. The smallest absolute Gasteiger partial charge is 0.229 e. The minimum Gasteiger partial charge on any atom is -0.507 e. The van der Waals surface area contributed by atoms with E-state index >= 15 is 0 Å². The molecule has 2 aliphatic heterocycles. The summed E-state index contributed by atoms with van der Waals surface area (Å²) in [7, 11) is 2.65. The summed E-state index contributed by atoms with van der Waals surface area (Å²) in [5.41, 5.74) is -0.464. The fourth-order valence-electron chi connectivity index (χ4n) is 5.12. The van der Waals surface area contributed by atoms with Gasteiger partial charge in [0.25, 0.3) is 0 Å². The van der Waals surface area contributed by atoms with Crippen molar-refractivity contribution in [3.63, 3.8) is 0 Å². The first-order valence-corrected chi connectivity index (χ1v) is 13.8. The number of rotatable bonds is 8. The fourth-order valence-corrected chi connectivity index (χ4v) is 5.12. The molecule has 2 aromatic carbocycles. The van der Waals surface area contributed by atoms with Crippen LogP contribution in [-0.2, 0) is 14.2 Å². The number of phenols is 2. The Bertz CT molecular complexity index is 1550. The van der Waals surface area contributed by atoms with E-state index < -0.39 is 79.2 Å². The van der Waals surface area contributed by atoms with Crippen LogP contribution in [0.5, 0.6) is 28.7 Å². The average Bonchev–Trinajstić information content (AvgIpc) is 3.01. The summed E-state index contributed by atoms with van der Waals surface area (Å²) < 4.78 is 38.4. The third-order valence-electron chi connectivity index (χ3n) is 7.70. The molecule has 16 heteroatoms. The summed E-state index contributed by atoms with van der Waals surface area (Å²) >= 11 is 0. The third kappa shape index (κ3) is 6.24. The molecule has 2 fully saturated rings. The van der Waals surface area contributed by atoms with E-state index in [1.54, 1.807) is 0 Å². The summed E-state index contributed by atoms with van der Waals surface area (Å²) in [6.07, 6.45) is -15.1. The van der Waals surface area contributed by atoms with Crippen LogP contribution in [0.2, 0.25) is 0 Å². The van der Waals surface area contributed by atoms with Gasteiger partial charge < -0.3 is 73.7 Å². The maximum Gasteiger partial charge on any atom is 0.229 e. The van der Waals surface area contributed by atoms with Crippen LogP contribution in [0, 0.1) is 0 Å². The maximum atomic E-state index is 13.0. The SMILES string of the molecule is COc1cc(-c2cc(=O)c3c(O)cc(O[C@@H]4O[C@H](CO[C@@H]5O[C@@H](C)[C@H](O)[C@@H](O)[C@H]5O)[C@@H](O)[C@H](O)[C@H]4O)cc3o2)cc(OC)c1O. The van der Waals surface area contributed by atoms with Crippen LogP contribution in [0.1, 0.15) is 6.92 Å². The van der Waals surface area contributed by atoms with Gasteiger partial charge in [0.15, 0.2) is 23.2 Å². The molecule has 1 aromatic heterocycles. The monoisotopic (exact) mass is 638 g/mol. The van der Waals surface area contributed by atoms with E-state index in [4.69, 9.17) is 32.8 Å². The van der Waals surface area contributed by atoms with Gasteiger partial charge in [-0.3, -0.25) is 4.79 Å². The zero-order chi connectivity index (χ0) is 32.7. The topological polar surface area (TPSA) is 247 Å². The largest absolute Gasteiger partial charge is 0.507 e. The minimum atomic E-state index is -1.79. The van der Waals surface area contributed by atoms with E-state index in [0.717, 1.165) is 12.1 Å². The van der Waals surface area contributed by atoms with Crippen molar-refractivity contribution in [1.29, 1.82) is 0 Å². The van der Waals surface area contributed by atoms with Crippen molar-refractivity contribution in [1.82, 2.24) is 0 Å². The molecule has 0 spiro atoms.